The number of para-hydroxylation sites is 3. The molecule has 1 aliphatic rings. The summed E-state index contributed by atoms with van der Waals surface area (Å²) in [7, 11) is 0. The maximum absolute atomic E-state index is 2.52. The smallest absolute Gasteiger partial charge is 0.0640 e. The van der Waals surface area contributed by atoms with Gasteiger partial charge in [0.1, 0.15) is 0 Å². The molecule has 13 rings (SSSR count). The average molecular weight is 783 g/mol. The monoisotopic (exact) mass is 782 g/mol. The minimum atomic E-state index is -0.225. The Kier molecular flexibility index (Phi) is 6.98. The van der Waals surface area contributed by atoms with Crippen LogP contribution in [0.1, 0.15) is 25.0 Å². The third kappa shape index (κ3) is 4.64. The van der Waals surface area contributed by atoms with Crippen LogP contribution in [0.5, 0.6) is 0 Å². The molecule has 0 saturated carbocycles. The van der Waals surface area contributed by atoms with E-state index in [1.54, 1.807) is 0 Å². The molecule has 9 aromatic carbocycles. The van der Waals surface area contributed by atoms with Crippen LogP contribution in [0.2, 0.25) is 0 Å². The van der Waals surface area contributed by atoms with Crippen LogP contribution < -0.4 is 4.90 Å². The van der Waals surface area contributed by atoms with Crippen molar-refractivity contribution < 1.29 is 0 Å². The van der Waals surface area contributed by atoms with Gasteiger partial charge >= 0.3 is 0 Å². The second-order valence-electron chi connectivity index (χ2n) is 16.9. The zero-order valence-corrected chi connectivity index (χ0v) is 34.1. The summed E-state index contributed by atoms with van der Waals surface area (Å²) >= 11 is 1.88. The van der Waals surface area contributed by atoms with Crippen LogP contribution in [-0.4, -0.2) is 4.40 Å². The van der Waals surface area contributed by atoms with Crippen molar-refractivity contribution in [2.75, 3.05) is 4.90 Å². The summed E-state index contributed by atoms with van der Waals surface area (Å²) in [5.41, 5.74) is 17.4. The lowest BCUT2D eigenvalue weighted by atomic mass is 9.81. The fraction of sp³-hybridized carbons (Fsp3) is 0.0526. The fourth-order valence-corrected chi connectivity index (χ4v) is 11.7. The minimum absolute atomic E-state index is 0.225. The Morgan fingerprint density at radius 3 is 1.83 bits per heavy atom. The van der Waals surface area contributed by atoms with Crippen LogP contribution in [0.3, 0.4) is 0 Å². The van der Waals surface area contributed by atoms with E-state index in [1.807, 2.05) is 11.3 Å². The summed E-state index contributed by atoms with van der Waals surface area (Å²) in [6.07, 6.45) is 0. The lowest BCUT2D eigenvalue weighted by molar-refractivity contribution is 0.660. The third-order valence-electron chi connectivity index (χ3n) is 13.3. The molecular weight excluding hydrogens is 745 g/mol. The lowest BCUT2D eigenvalue weighted by Crippen LogP contribution is -2.16. The molecule has 0 radical (unpaired) electrons. The molecule has 2 nitrogen and oxygen atoms in total. The van der Waals surface area contributed by atoms with Crippen molar-refractivity contribution in [3.8, 4) is 33.4 Å². The zero-order valence-electron chi connectivity index (χ0n) is 33.3. The Morgan fingerprint density at radius 2 is 1.00 bits per heavy atom. The molecular formula is C57H38N2S. The molecule has 60 heavy (non-hydrogen) atoms. The first kappa shape index (κ1) is 33.7. The van der Waals surface area contributed by atoms with Gasteiger partial charge in [-0.3, -0.25) is 0 Å². The highest BCUT2D eigenvalue weighted by molar-refractivity contribution is 7.26. The van der Waals surface area contributed by atoms with E-state index >= 15 is 0 Å². The molecule has 0 aliphatic heterocycles. The quantitative estimate of drug-likeness (QED) is 0.169. The number of fused-ring (bicyclic) bond motifs is 12. The first-order valence-corrected chi connectivity index (χ1v) is 21.7. The van der Waals surface area contributed by atoms with Gasteiger partial charge in [-0.15, -0.1) is 11.3 Å². The predicted molar refractivity (Wildman–Crippen MR) is 257 cm³/mol. The summed E-state index contributed by atoms with van der Waals surface area (Å²) < 4.78 is 5.12. The maximum Gasteiger partial charge on any atom is 0.0640 e. The fourth-order valence-electron chi connectivity index (χ4n) is 10.5. The van der Waals surface area contributed by atoms with Crippen LogP contribution in [-0.2, 0) is 5.41 Å². The zero-order chi connectivity index (χ0) is 39.7. The van der Waals surface area contributed by atoms with Gasteiger partial charge in [-0.1, -0.05) is 159 Å². The predicted octanol–water partition coefficient (Wildman–Crippen LogP) is 16.3. The Labute approximate surface area is 352 Å². The van der Waals surface area contributed by atoms with Crippen LogP contribution >= 0.6 is 11.3 Å². The van der Waals surface area contributed by atoms with E-state index in [0.717, 1.165) is 11.4 Å². The molecule has 0 atom stereocenters. The van der Waals surface area contributed by atoms with E-state index in [9.17, 15) is 0 Å². The molecule has 282 valence electrons. The van der Waals surface area contributed by atoms with E-state index in [1.165, 1.54) is 108 Å². The van der Waals surface area contributed by atoms with Crippen molar-refractivity contribution in [1.29, 1.82) is 0 Å². The van der Waals surface area contributed by atoms with Gasteiger partial charge in [-0.05, 0) is 87.5 Å². The van der Waals surface area contributed by atoms with Gasteiger partial charge in [-0.25, -0.2) is 0 Å². The Hall–Kier alpha value is -7.20. The normalized spacial score (nSPS) is 13.3. The number of anilines is 3. The number of hydrogen-bond donors (Lipinski definition) is 0. The topological polar surface area (TPSA) is 7.65 Å². The first-order valence-electron chi connectivity index (χ1n) is 20.8. The molecule has 12 aromatic rings. The van der Waals surface area contributed by atoms with Crippen LogP contribution in [0.15, 0.2) is 194 Å². The standard InChI is InChI=1S/C57H38N2S/c1-57(2)49-33-37(40-17-10-19-46-47-20-11-18-45-43-15-6-8-22-51(43)59(54(40)46)55(45)47)27-31-41(49)42-32-30-39(34-50(42)57)58(38-28-25-36(26-29-38)35-13-4-3-5-14-35)52-23-12-21-48-44-16-7-9-24-53(44)60-56(48)52/h3-34H,1-2H3. The second-order valence-corrected chi connectivity index (χ2v) is 17.9. The highest BCUT2D eigenvalue weighted by Gasteiger charge is 2.37. The third-order valence-corrected chi connectivity index (χ3v) is 14.5. The Bertz CT molecular complexity index is 3680. The van der Waals surface area contributed by atoms with Gasteiger partial charge in [-0.2, -0.15) is 0 Å². The Balaban J connectivity index is 0.971. The maximum atomic E-state index is 2.52. The summed E-state index contributed by atoms with van der Waals surface area (Å²) in [6.45, 7) is 4.82. The number of benzene rings is 9. The first-order chi connectivity index (χ1) is 29.5. The van der Waals surface area contributed by atoms with Gasteiger partial charge < -0.3 is 9.30 Å². The van der Waals surface area contributed by atoms with Gasteiger partial charge in [0.15, 0.2) is 0 Å². The molecule has 3 aromatic heterocycles. The van der Waals surface area contributed by atoms with Crippen LogP contribution in [0.4, 0.5) is 17.1 Å². The molecule has 3 heterocycles. The second kappa shape index (κ2) is 12.4. The van der Waals surface area contributed by atoms with Crippen molar-refractivity contribution in [1.82, 2.24) is 4.40 Å². The molecule has 0 amide bonds. The van der Waals surface area contributed by atoms with Crippen molar-refractivity contribution >= 4 is 86.7 Å². The number of rotatable bonds is 5. The minimum Gasteiger partial charge on any atom is -0.309 e. The number of nitrogens with zero attached hydrogens (tertiary/aromatic N) is 2. The van der Waals surface area contributed by atoms with E-state index in [0.29, 0.717) is 0 Å². The summed E-state index contributed by atoms with van der Waals surface area (Å²) in [5, 5.41) is 7.84. The van der Waals surface area contributed by atoms with Crippen molar-refractivity contribution in [2.45, 2.75) is 19.3 Å². The van der Waals surface area contributed by atoms with Crippen LogP contribution in [0.25, 0.3) is 91.6 Å². The van der Waals surface area contributed by atoms with Gasteiger partial charge in [0.05, 0.1) is 26.9 Å². The van der Waals surface area contributed by atoms with Gasteiger partial charge in [0.25, 0.3) is 0 Å². The van der Waals surface area contributed by atoms with E-state index in [2.05, 4.69) is 217 Å². The summed E-state index contributed by atoms with van der Waals surface area (Å²) in [4.78, 5) is 2.48. The van der Waals surface area contributed by atoms with Crippen molar-refractivity contribution in [3.05, 3.63) is 205 Å². The highest BCUT2D eigenvalue weighted by Crippen LogP contribution is 2.53. The van der Waals surface area contributed by atoms with E-state index in [4.69, 9.17) is 0 Å². The van der Waals surface area contributed by atoms with Gasteiger partial charge in [0.2, 0.25) is 0 Å². The van der Waals surface area contributed by atoms with Crippen molar-refractivity contribution in [2.24, 2.45) is 0 Å². The average Bonchev–Trinajstić information content (AvgIpc) is 4.02. The number of hydrogen-bond acceptors (Lipinski definition) is 2. The molecule has 0 fully saturated rings. The lowest BCUT2D eigenvalue weighted by Gasteiger charge is -2.28. The van der Waals surface area contributed by atoms with Crippen LogP contribution in [0, 0.1) is 0 Å². The largest absolute Gasteiger partial charge is 0.309 e. The molecule has 3 heteroatoms. The highest BCUT2D eigenvalue weighted by atomic mass is 32.1. The summed E-state index contributed by atoms with van der Waals surface area (Å²) in [5.74, 6) is 0. The van der Waals surface area contributed by atoms with Crippen molar-refractivity contribution in [3.63, 3.8) is 0 Å². The molecule has 0 spiro atoms. The van der Waals surface area contributed by atoms with Gasteiger partial charge in [0, 0.05) is 59.4 Å². The van der Waals surface area contributed by atoms with E-state index in [-0.39, 0.29) is 5.41 Å². The molecule has 0 N–H and O–H groups in total. The molecule has 0 bridgehead atoms. The molecule has 1 aliphatic carbocycles. The molecule has 0 unspecified atom stereocenters. The molecule has 0 saturated heterocycles. The summed E-state index contributed by atoms with van der Waals surface area (Å²) in [6, 6.07) is 72.2. The SMILES string of the molecule is CC1(C)c2cc(-c3cccc4c5cccc6c7ccccc7n(c34)c65)ccc2-c2ccc(N(c3ccc(-c4ccccc4)cc3)c3cccc4c3sc3ccccc34)cc21. The van der Waals surface area contributed by atoms with E-state index < -0.39 is 0 Å². The Morgan fingerprint density at radius 1 is 0.417 bits per heavy atom. The number of aromatic nitrogens is 1. The number of thiophene rings is 1.